The number of esters is 1. The van der Waals surface area contributed by atoms with Crippen LogP contribution in [0, 0.1) is 0 Å². The summed E-state index contributed by atoms with van der Waals surface area (Å²) in [6.45, 7) is 0. The molecule has 1 fully saturated rings. The molecule has 0 radical (unpaired) electrons. The molecule has 1 aromatic rings. The Labute approximate surface area is 120 Å². The standard InChI is InChI=1S/C13H16N2O6/c1-20-11(16)5-4-8(13(18)19)14-12(17)9-6-10(21-15-9)7-2-3-7/h6-8H,2-5H2,1H3,(H,14,17)(H,18,19)/t8-/m1/s1. The van der Waals surface area contributed by atoms with Crippen LogP contribution in [-0.4, -0.2) is 41.3 Å². The number of amides is 1. The molecular weight excluding hydrogens is 280 g/mol. The van der Waals surface area contributed by atoms with Crippen LogP contribution in [0.15, 0.2) is 10.6 Å². The molecule has 1 aromatic heterocycles. The average molecular weight is 296 g/mol. The lowest BCUT2D eigenvalue weighted by molar-refractivity contribution is -0.142. The fourth-order valence-electron chi connectivity index (χ4n) is 1.81. The molecule has 1 atom stereocenters. The molecule has 8 heteroatoms. The molecule has 0 saturated heterocycles. The van der Waals surface area contributed by atoms with Gasteiger partial charge in [-0.2, -0.15) is 0 Å². The Hall–Kier alpha value is -2.38. The summed E-state index contributed by atoms with van der Waals surface area (Å²) in [4.78, 5) is 34.0. The van der Waals surface area contributed by atoms with Crippen molar-refractivity contribution < 1.29 is 28.8 Å². The number of carboxylic acid groups (broad SMARTS) is 1. The number of carbonyl (C=O) groups is 3. The number of nitrogens with zero attached hydrogens (tertiary/aromatic N) is 1. The average Bonchev–Trinajstić information content (AvgIpc) is 3.19. The van der Waals surface area contributed by atoms with Gasteiger partial charge in [-0.15, -0.1) is 0 Å². The molecular formula is C13H16N2O6. The SMILES string of the molecule is COC(=O)CC[C@@H](NC(=O)c1cc(C2CC2)on1)C(=O)O. The third-order valence-corrected chi connectivity index (χ3v) is 3.21. The van der Waals surface area contributed by atoms with Crippen molar-refractivity contribution in [3.8, 4) is 0 Å². The summed E-state index contributed by atoms with van der Waals surface area (Å²) in [5, 5.41) is 15.0. The molecule has 1 aliphatic rings. The maximum atomic E-state index is 11.9. The van der Waals surface area contributed by atoms with E-state index in [0.29, 0.717) is 11.7 Å². The lowest BCUT2D eigenvalue weighted by Crippen LogP contribution is -2.41. The lowest BCUT2D eigenvalue weighted by atomic mass is 10.1. The summed E-state index contributed by atoms with van der Waals surface area (Å²) in [5.41, 5.74) is 0.0428. The van der Waals surface area contributed by atoms with Gasteiger partial charge < -0.3 is 19.7 Å². The first-order valence-corrected chi connectivity index (χ1v) is 6.58. The monoisotopic (exact) mass is 296 g/mol. The second-order valence-corrected chi connectivity index (χ2v) is 4.87. The van der Waals surface area contributed by atoms with E-state index in [9.17, 15) is 14.4 Å². The van der Waals surface area contributed by atoms with Gasteiger partial charge >= 0.3 is 11.9 Å². The van der Waals surface area contributed by atoms with E-state index in [1.807, 2.05) is 0 Å². The van der Waals surface area contributed by atoms with Gasteiger partial charge in [-0.25, -0.2) is 4.79 Å². The number of aromatic nitrogens is 1. The number of rotatable bonds is 7. The third kappa shape index (κ3) is 4.04. The minimum absolute atomic E-state index is 0.0428. The molecule has 1 heterocycles. The van der Waals surface area contributed by atoms with Gasteiger partial charge in [0.25, 0.3) is 5.91 Å². The van der Waals surface area contributed by atoms with E-state index in [-0.39, 0.29) is 18.5 Å². The topological polar surface area (TPSA) is 119 Å². The summed E-state index contributed by atoms with van der Waals surface area (Å²) < 4.78 is 9.47. The van der Waals surface area contributed by atoms with Crippen molar-refractivity contribution in [2.75, 3.05) is 7.11 Å². The van der Waals surface area contributed by atoms with Crippen molar-refractivity contribution in [3.63, 3.8) is 0 Å². The first kappa shape index (κ1) is 15.0. The minimum atomic E-state index is -1.22. The minimum Gasteiger partial charge on any atom is -0.480 e. The van der Waals surface area contributed by atoms with Gasteiger partial charge in [0.05, 0.1) is 7.11 Å². The van der Waals surface area contributed by atoms with Crippen molar-refractivity contribution in [1.29, 1.82) is 0 Å². The third-order valence-electron chi connectivity index (χ3n) is 3.21. The number of carbonyl (C=O) groups excluding carboxylic acids is 2. The van der Waals surface area contributed by atoms with Crippen molar-refractivity contribution in [1.82, 2.24) is 10.5 Å². The fraction of sp³-hybridized carbons (Fsp3) is 0.538. The van der Waals surface area contributed by atoms with Crippen LogP contribution in [0.2, 0.25) is 0 Å². The van der Waals surface area contributed by atoms with E-state index >= 15 is 0 Å². The zero-order valence-electron chi connectivity index (χ0n) is 11.5. The lowest BCUT2D eigenvalue weighted by Gasteiger charge is -2.12. The van der Waals surface area contributed by atoms with Gasteiger partial charge in [-0.3, -0.25) is 9.59 Å². The molecule has 1 saturated carbocycles. The molecule has 0 bridgehead atoms. The highest BCUT2D eigenvalue weighted by atomic mass is 16.5. The number of ether oxygens (including phenoxy) is 1. The van der Waals surface area contributed by atoms with Crippen LogP contribution in [-0.2, 0) is 14.3 Å². The van der Waals surface area contributed by atoms with E-state index in [2.05, 4.69) is 15.2 Å². The van der Waals surface area contributed by atoms with Crippen LogP contribution in [0.5, 0.6) is 0 Å². The fourth-order valence-corrected chi connectivity index (χ4v) is 1.81. The van der Waals surface area contributed by atoms with Crippen molar-refractivity contribution in [3.05, 3.63) is 17.5 Å². The van der Waals surface area contributed by atoms with Crippen molar-refractivity contribution >= 4 is 17.8 Å². The summed E-state index contributed by atoms with van der Waals surface area (Å²) in [5.74, 6) is -1.44. The largest absolute Gasteiger partial charge is 0.480 e. The molecule has 0 spiro atoms. The Morgan fingerprint density at radius 1 is 1.52 bits per heavy atom. The van der Waals surface area contributed by atoms with E-state index in [1.54, 1.807) is 0 Å². The van der Waals surface area contributed by atoms with Gasteiger partial charge in [0.1, 0.15) is 11.8 Å². The zero-order chi connectivity index (χ0) is 15.4. The summed E-state index contributed by atoms with van der Waals surface area (Å²) in [6.07, 6.45) is 1.86. The van der Waals surface area contributed by atoms with Gasteiger partial charge in [0.2, 0.25) is 0 Å². The molecule has 0 unspecified atom stereocenters. The molecule has 2 rings (SSSR count). The Morgan fingerprint density at radius 3 is 2.81 bits per heavy atom. The first-order valence-electron chi connectivity index (χ1n) is 6.58. The number of nitrogens with one attached hydrogen (secondary N) is 1. The normalized spacial score (nSPS) is 15.3. The van der Waals surface area contributed by atoms with Gasteiger partial charge in [0.15, 0.2) is 5.69 Å². The Bertz CT molecular complexity index is 549. The Balaban J connectivity index is 1.93. The highest BCUT2D eigenvalue weighted by molar-refractivity contribution is 5.95. The van der Waals surface area contributed by atoms with Gasteiger partial charge in [-0.05, 0) is 19.3 Å². The molecule has 0 aromatic carbocycles. The molecule has 0 aliphatic heterocycles. The van der Waals surface area contributed by atoms with Gasteiger partial charge in [-0.1, -0.05) is 5.16 Å². The van der Waals surface area contributed by atoms with Crippen LogP contribution < -0.4 is 5.32 Å². The number of methoxy groups -OCH3 is 1. The second-order valence-electron chi connectivity index (χ2n) is 4.87. The smallest absolute Gasteiger partial charge is 0.326 e. The number of hydrogen-bond donors (Lipinski definition) is 2. The predicted molar refractivity (Wildman–Crippen MR) is 68.6 cm³/mol. The zero-order valence-corrected chi connectivity index (χ0v) is 11.5. The molecule has 114 valence electrons. The number of carboxylic acids is 1. The van der Waals surface area contributed by atoms with Crippen LogP contribution >= 0.6 is 0 Å². The molecule has 8 nitrogen and oxygen atoms in total. The van der Waals surface area contributed by atoms with Crippen LogP contribution in [0.25, 0.3) is 0 Å². The van der Waals surface area contributed by atoms with E-state index in [0.717, 1.165) is 12.8 Å². The molecule has 1 amide bonds. The quantitative estimate of drug-likeness (QED) is 0.710. The van der Waals surface area contributed by atoms with E-state index < -0.39 is 23.9 Å². The highest BCUT2D eigenvalue weighted by Crippen LogP contribution is 2.40. The van der Waals surface area contributed by atoms with Crippen molar-refractivity contribution in [2.45, 2.75) is 37.6 Å². The van der Waals surface area contributed by atoms with E-state index in [1.165, 1.54) is 13.2 Å². The van der Waals surface area contributed by atoms with Crippen LogP contribution in [0.4, 0.5) is 0 Å². The molecule has 2 N–H and O–H groups in total. The summed E-state index contributed by atoms with van der Waals surface area (Å²) in [7, 11) is 1.21. The van der Waals surface area contributed by atoms with Crippen molar-refractivity contribution in [2.24, 2.45) is 0 Å². The maximum Gasteiger partial charge on any atom is 0.326 e. The van der Waals surface area contributed by atoms with E-state index in [4.69, 9.17) is 9.63 Å². The Morgan fingerprint density at radius 2 is 2.24 bits per heavy atom. The molecule has 1 aliphatic carbocycles. The predicted octanol–water partition coefficient (Wildman–Crippen LogP) is 0.688. The number of aliphatic carboxylic acids is 1. The molecule has 21 heavy (non-hydrogen) atoms. The highest BCUT2D eigenvalue weighted by Gasteiger charge is 2.30. The summed E-state index contributed by atoms with van der Waals surface area (Å²) in [6, 6.07) is 0.337. The first-order chi connectivity index (χ1) is 10.0. The van der Waals surface area contributed by atoms with Gasteiger partial charge in [0, 0.05) is 18.4 Å². The number of hydrogen-bond acceptors (Lipinski definition) is 6. The second kappa shape index (κ2) is 6.38. The maximum absolute atomic E-state index is 11.9. The van der Waals surface area contributed by atoms with Crippen LogP contribution in [0.3, 0.4) is 0 Å². The van der Waals surface area contributed by atoms with Crippen LogP contribution in [0.1, 0.15) is 47.8 Å². The summed E-state index contributed by atoms with van der Waals surface area (Å²) >= 11 is 0. The Kier molecular flexibility index (Phi) is 4.56.